The predicted octanol–water partition coefficient (Wildman–Crippen LogP) is 2.01. The molecule has 3 N–H and O–H groups in total. The Hall–Kier alpha value is -1.49. The third-order valence-corrected chi connectivity index (χ3v) is 2.84. The van der Waals surface area contributed by atoms with Crippen molar-refractivity contribution in [2.45, 2.75) is 18.9 Å². The number of nitrogens with one attached hydrogen (secondary N) is 1. The van der Waals surface area contributed by atoms with E-state index in [1.165, 1.54) is 13.2 Å². The summed E-state index contributed by atoms with van der Waals surface area (Å²) in [5.41, 5.74) is 6.33. The number of ether oxygens (including phenoxy) is 2. The molecule has 0 aliphatic carbocycles. The minimum absolute atomic E-state index is 0.145. The third-order valence-electron chi connectivity index (χ3n) is 2.84. The summed E-state index contributed by atoms with van der Waals surface area (Å²) in [6, 6.07) is 3.00. The summed E-state index contributed by atoms with van der Waals surface area (Å²) >= 11 is 0. The first kappa shape index (κ1) is 12.0. The summed E-state index contributed by atoms with van der Waals surface area (Å²) < 4.78 is 24.1. The quantitative estimate of drug-likeness (QED) is 0.793. The van der Waals surface area contributed by atoms with E-state index >= 15 is 0 Å². The standard InChI is InChI=1S/C12H17FN2O2/c1-16-12-6-11(9(13)5-10(12)14)15-8-3-2-4-17-7-8/h5-6,8,15H,2-4,7,14H2,1H3. The van der Waals surface area contributed by atoms with Crippen LogP contribution in [-0.4, -0.2) is 26.4 Å². The molecule has 5 heteroatoms. The molecule has 0 radical (unpaired) electrons. The van der Waals surface area contributed by atoms with Gasteiger partial charge in [-0.1, -0.05) is 0 Å². The lowest BCUT2D eigenvalue weighted by molar-refractivity contribution is 0.0875. The molecule has 2 rings (SSSR count). The Kier molecular flexibility index (Phi) is 3.68. The Bertz CT molecular complexity index is 392. The van der Waals surface area contributed by atoms with Crippen LogP contribution >= 0.6 is 0 Å². The fraction of sp³-hybridized carbons (Fsp3) is 0.500. The van der Waals surface area contributed by atoms with Crippen LogP contribution in [0.4, 0.5) is 15.8 Å². The van der Waals surface area contributed by atoms with E-state index in [2.05, 4.69) is 5.32 Å². The van der Waals surface area contributed by atoms with E-state index < -0.39 is 0 Å². The molecule has 0 saturated carbocycles. The maximum atomic E-state index is 13.7. The lowest BCUT2D eigenvalue weighted by Gasteiger charge is -2.24. The summed E-state index contributed by atoms with van der Waals surface area (Å²) in [5.74, 6) is 0.111. The molecule has 4 nitrogen and oxygen atoms in total. The molecule has 1 fully saturated rings. The second kappa shape index (κ2) is 5.23. The second-order valence-corrected chi connectivity index (χ2v) is 4.13. The van der Waals surface area contributed by atoms with Crippen molar-refractivity contribution in [2.24, 2.45) is 0 Å². The minimum Gasteiger partial charge on any atom is -0.495 e. The highest BCUT2D eigenvalue weighted by Crippen LogP contribution is 2.29. The summed E-state index contributed by atoms with van der Waals surface area (Å²) in [7, 11) is 1.51. The lowest BCUT2D eigenvalue weighted by Crippen LogP contribution is -2.30. The van der Waals surface area contributed by atoms with Gasteiger partial charge in [-0.05, 0) is 12.8 Å². The molecule has 94 valence electrons. The molecule has 1 saturated heterocycles. The van der Waals surface area contributed by atoms with Crippen molar-refractivity contribution in [1.29, 1.82) is 0 Å². The van der Waals surface area contributed by atoms with E-state index in [9.17, 15) is 4.39 Å². The van der Waals surface area contributed by atoms with Crippen molar-refractivity contribution < 1.29 is 13.9 Å². The first-order valence-corrected chi connectivity index (χ1v) is 5.68. The molecule has 1 aromatic carbocycles. The maximum Gasteiger partial charge on any atom is 0.148 e. The predicted molar refractivity (Wildman–Crippen MR) is 64.8 cm³/mol. The van der Waals surface area contributed by atoms with Gasteiger partial charge in [0.2, 0.25) is 0 Å². The van der Waals surface area contributed by atoms with Gasteiger partial charge >= 0.3 is 0 Å². The zero-order valence-corrected chi connectivity index (χ0v) is 9.83. The van der Waals surface area contributed by atoms with E-state index in [4.69, 9.17) is 15.2 Å². The van der Waals surface area contributed by atoms with Gasteiger partial charge in [0.05, 0.1) is 25.1 Å². The molecule has 1 atom stereocenters. The number of nitrogen functional groups attached to an aromatic ring is 1. The van der Waals surface area contributed by atoms with E-state index in [0.29, 0.717) is 23.7 Å². The number of rotatable bonds is 3. The van der Waals surface area contributed by atoms with E-state index in [1.807, 2.05) is 0 Å². The van der Waals surface area contributed by atoms with Crippen LogP contribution in [0.2, 0.25) is 0 Å². The van der Waals surface area contributed by atoms with E-state index in [1.54, 1.807) is 6.07 Å². The molecule has 0 bridgehead atoms. The average Bonchev–Trinajstić information content (AvgIpc) is 2.34. The number of hydrogen-bond acceptors (Lipinski definition) is 4. The van der Waals surface area contributed by atoms with Gasteiger partial charge in [-0.15, -0.1) is 0 Å². The Morgan fingerprint density at radius 2 is 2.35 bits per heavy atom. The van der Waals surface area contributed by atoms with Gasteiger partial charge in [0, 0.05) is 24.8 Å². The van der Waals surface area contributed by atoms with Crippen LogP contribution in [0.3, 0.4) is 0 Å². The molecule has 0 amide bonds. The lowest BCUT2D eigenvalue weighted by atomic mass is 10.1. The van der Waals surface area contributed by atoms with Crippen LogP contribution in [0, 0.1) is 5.82 Å². The maximum absolute atomic E-state index is 13.7. The smallest absolute Gasteiger partial charge is 0.148 e. The minimum atomic E-state index is -0.367. The molecule has 0 spiro atoms. The number of halogens is 1. The normalized spacial score (nSPS) is 20.0. The third kappa shape index (κ3) is 2.79. The summed E-state index contributed by atoms with van der Waals surface area (Å²) in [5, 5.41) is 3.12. The fourth-order valence-electron chi connectivity index (χ4n) is 1.93. The topological polar surface area (TPSA) is 56.5 Å². The van der Waals surface area contributed by atoms with Crippen LogP contribution in [0.25, 0.3) is 0 Å². The number of hydrogen-bond donors (Lipinski definition) is 2. The Balaban J connectivity index is 2.13. The number of nitrogens with two attached hydrogens (primary N) is 1. The van der Waals surface area contributed by atoms with Crippen molar-refractivity contribution in [2.75, 3.05) is 31.4 Å². The van der Waals surface area contributed by atoms with Crippen molar-refractivity contribution in [3.63, 3.8) is 0 Å². The summed E-state index contributed by atoms with van der Waals surface area (Å²) in [6.45, 7) is 1.39. The van der Waals surface area contributed by atoms with Crippen LogP contribution in [0.1, 0.15) is 12.8 Å². The fourth-order valence-corrected chi connectivity index (χ4v) is 1.93. The monoisotopic (exact) mass is 240 g/mol. The van der Waals surface area contributed by atoms with Gasteiger partial charge < -0.3 is 20.5 Å². The second-order valence-electron chi connectivity index (χ2n) is 4.13. The van der Waals surface area contributed by atoms with Crippen molar-refractivity contribution in [3.8, 4) is 5.75 Å². The van der Waals surface area contributed by atoms with Gasteiger partial charge in [0.25, 0.3) is 0 Å². The highest BCUT2D eigenvalue weighted by atomic mass is 19.1. The van der Waals surface area contributed by atoms with Gasteiger partial charge in [-0.25, -0.2) is 4.39 Å². The van der Waals surface area contributed by atoms with Gasteiger partial charge in [-0.3, -0.25) is 0 Å². The average molecular weight is 240 g/mol. The Labute approximate surface area is 99.9 Å². The van der Waals surface area contributed by atoms with Gasteiger partial charge in [0.15, 0.2) is 0 Å². The molecule has 17 heavy (non-hydrogen) atoms. The molecular formula is C12H17FN2O2. The zero-order valence-electron chi connectivity index (χ0n) is 9.83. The van der Waals surface area contributed by atoms with Crippen LogP contribution < -0.4 is 15.8 Å². The highest BCUT2D eigenvalue weighted by Gasteiger charge is 2.16. The van der Waals surface area contributed by atoms with Gasteiger partial charge in [0.1, 0.15) is 11.6 Å². The number of methoxy groups -OCH3 is 1. The largest absolute Gasteiger partial charge is 0.495 e. The van der Waals surface area contributed by atoms with Crippen LogP contribution in [0.5, 0.6) is 5.75 Å². The van der Waals surface area contributed by atoms with Crippen molar-refractivity contribution >= 4 is 11.4 Å². The number of benzene rings is 1. The van der Waals surface area contributed by atoms with Crippen LogP contribution in [-0.2, 0) is 4.74 Å². The molecular weight excluding hydrogens is 223 g/mol. The zero-order chi connectivity index (χ0) is 12.3. The van der Waals surface area contributed by atoms with E-state index in [0.717, 1.165) is 19.4 Å². The van der Waals surface area contributed by atoms with E-state index in [-0.39, 0.29) is 11.9 Å². The van der Waals surface area contributed by atoms with Crippen molar-refractivity contribution in [3.05, 3.63) is 17.9 Å². The first-order chi connectivity index (χ1) is 8.20. The van der Waals surface area contributed by atoms with Crippen molar-refractivity contribution in [1.82, 2.24) is 0 Å². The SMILES string of the molecule is COc1cc(NC2CCCOC2)c(F)cc1N. The molecule has 0 aromatic heterocycles. The molecule has 1 aliphatic heterocycles. The Morgan fingerprint density at radius 1 is 1.53 bits per heavy atom. The first-order valence-electron chi connectivity index (χ1n) is 5.68. The molecule has 1 unspecified atom stereocenters. The Morgan fingerprint density at radius 3 is 3.00 bits per heavy atom. The summed E-state index contributed by atoms with van der Waals surface area (Å²) in [4.78, 5) is 0. The molecule has 1 aliphatic rings. The molecule has 1 heterocycles. The highest BCUT2D eigenvalue weighted by molar-refractivity contribution is 5.62. The summed E-state index contributed by atoms with van der Waals surface area (Å²) in [6.07, 6.45) is 1.97. The van der Waals surface area contributed by atoms with Gasteiger partial charge in [-0.2, -0.15) is 0 Å². The van der Waals surface area contributed by atoms with Crippen LogP contribution in [0.15, 0.2) is 12.1 Å². The molecule has 1 aromatic rings. The number of anilines is 2.